The molecule has 0 aliphatic heterocycles. The number of hydrogen-bond donors (Lipinski definition) is 0. The molecule has 2 heterocycles. The van der Waals surface area contributed by atoms with Crippen LogP contribution in [0.2, 0.25) is 0 Å². The third-order valence-corrected chi connectivity index (χ3v) is 2.76. The summed E-state index contributed by atoms with van der Waals surface area (Å²) in [6.07, 6.45) is 0. The average Bonchev–Trinajstić information content (AvgIpc) is 2.74. The van der Waals surface area contributed by atoms with Crippen molar-refractivity contribution in [1.29, 1.82) is 0 Å². The van der Waals surface area contributed by atoms with Gasteiger partial charge < -0.3 is 9.38 Å². The van der Waals surface area contributed by atoms with Gasteiger partial charge in [0.25, 0.3) is 0 Å². The monoisotopic (exact) mass is 312 g/mol. The Morgan fingerprint density at radius 2 is 1.94 bits per heavy atom. The van der Waals surface area contributed by atoms with Gasteiger partial charge in [0, 0.05) is 5.39 Å². The molecule has 1 aromatic carbocycles. The summed E-state index contributed by atoms with van der Waals surface area (Å²) in [5.41, 5.74) is 0.935. The summed E-state index contributed by atoms with van der Waals surface area (Å²) in [5.74, 6) is 0.795. The van der Waals surface area contributed by atoms with E-state index in [1.807, 2.05) is 32.0 Å². The van der Waals surface area contributed by atoms with Crippen LogP contribution in [-0.2, 0) is 0 Å². The number of hydrogen-bond acceptors (Lipinski definition) is 3. The van der Waals surface area contributed by atoms with Gasteiger partial charge in [-0.3, -0.25) is 4.79 Å². The zero-order chi connectivity index (χ0) is 12.0. The van der Waals surface area contributed by atoms with Crippen molar-refractivity contribution in [2.45, 2.75) is 19.8 Å². The van der Waals surface area contributed by atoms with Crippen molar-refractivity contribution in [2.24, 2.45) is 0 Å². The molecule has 0 aliphatic rings. The summed E-state index contributed by atoms with van der Waals surface area (Å²) in [6.45, 7) is 3.95. The van der Waals surface area contributed by atoms with Crippen molar-refractivity contribution in [3.05, 3.63) is 40.6 Å². The Morgan fingerprint density at radius 1 is 1.22 bits per heavy atom. The number of rotatable bonds is 1. The van der Waals surface area contributed by atoms with Crippen molar-refractivity contribution < 1.29 is 58.2 Å². The molecule has 86 valence electrons. The number of para-hydroxylation sites is 1. The van der Waals surface area contributed by atoms with Crippen LogP contribution in [-0.4, -0.2) is 14.6 Å². The smallest absolute Gasteiger partial charge is 0.400 e. The van der Waals surface area contributed by atoms with Gasteiger partial charge in [0.05, 0.1) is 11.5 Å². The molecule has 0 radical (unpaired) electrons. The van der Waals surface area contributed by atoms with Gasteiger partial charge in [-0.2, -0.15) is 10.2 Å². The van der Waals surface area contributed by atoms with Crippen LogP contribution in [0.3, 0.4) is 0 Å². The van der Waals surface area contributed by atoms with E-state index in [1.54, 1.807) is 6.07 Å². The van der Waals surface area contributed by atoms with Gasteiger partial charge in [-0.25, -0.2) is 0 Å². The minimum Gasteiger partial charge on any atom is -0.400 e. The van der Waals surface area contributed by atoms with Gasteiger partial charge in [-0.1, -0.05) is 38.1 Å². The van der Waals surface area contributed by atoms with E-state index in [9.17, 15) is 4.79 Å². The van der Waals surface area contributed by atoms with Crippen LogP contribution in [0.1, 0.15) is 25.6 Å². The van der Waals surface area contributed by atoms with Crippen molar-refractivity contribution in [3.63, 3.8) is 0 Å². The molecule has 0 fully saturated rings. The van der Waals surface area contributed by atoms with Crippen molar-refractivity contribution in [3.8, 4) is 0 Å². The minimum absolute atomic E-state index is 0. The molecule has 3 aromatic rings. The largest absolute Gasteiger partial charge is 1.00 e. The van der Waals surface area contributed by atoms with Crippen LogP contribution in [0, 0.1) is 0 Å². The van der Waals surface area contributed by atoms with Crippen molar-refractivity contribution >= 4 is 16.6 Å². The van der Waals surface area contributed by atoms with Crippen LogP contribution in [0.4, 0.5) is 0 Å². The van der Waals surface area contributed by atoms with E-state index in [0.717, 1.165) is 5.39 Å². The maximum atomic E-state index is 12.0. The first kappa shape index (κ1) is 14.1. The molecule has 0 saturated carbocycles. The van der Waals surface area contributed by atoms with Crippen LogP contribution in [0.5, 0.6) is 0 Å². The third kappa shape index (κ3) is 2.13. The topological polar surface area (TPSA) is 61.4 Å². The second-order valence-corrected chi connectivity index (χ2v) is 4.28. The van der Waals surface area contributed by atoms with E-state index in [1.165, 1.54) is 4.40 Å². The summed E-state index contributed by atoms with van der Waals surface area (Å²) in [4.78, 5) is 16.0. The zero-order valence-corrected chi connectivity index (χ0v) is 15.5. The predicted molar refractivity (Wildman–Crippen MR) is 64.2 cm³/mol. The van der Waals surface area contributed by atoms with E-state index < -0.39 is 0 Å². The molecule has 0 bridgehead atoms. The Hall–Kier alpha value is -0.365. The molecule has 6 heteroatoms. The molecular formula is C12H11N4ORb. The maximum Gasteiger partial charge on any atom is 1.00 e. The van der Waals surface area contributed by atoms with Gasteiger partial charge in [0.2, 0.25) is 0 Å². The molecule has 0 N–H and O–H groups in total. The normalized spacial score (nSPS) is 11.1. The van der Waals surface area contributed by atoms with Gasteiger partial charge in [-0.15, -0.1) is 0 Å². The van der Waals surface area contributed by atoms with Gasteiger partial charge in [-0.05, 0) is 11.4 Å². The summed E-state index contributed by atoms with van der Waals surface area (Å²) < 4.78 is 1.49. The molecule has 0 amide bonds. The second kappa shape index (κ2) is 5.32. The summed E-state index contributed by atoms with van der Waals surface area (Å²) in [7, 11) is 0. The number of aromatic nitrogens is 4. The zero-order valence-electron chi connectivity index (χ0n) is 10.6. The molecule has 0 aliphatic carbocycles. The van der Waals surface area contributed by atoms with E-state index in [2.05, 4.69) is 15.2 Å². The standard InChI is InChI=1S/C12H12N4O.Rb/c1-7(2)10-14-15-11-8-5-3-4-6-9(8)13-12(17)16(10)11;/h3-7H,1-2H3,(H,13,15,17);/q;+1/p-1. The minimum atomic E-state index is -0.313. The molecule has 5 nitrogen and oxygen atoms in total. The van der Waals surface area contributed by atoms with E-state index in [-0.39, 0.29) is 69.8 Å². The number of benzene rings is 1. The first-order valence-electron chi connectivity index (χ1n) is 5.49. The molecular weight excluding hydrogens is 302 g/mol. The van der Waals surface area contributed by atoms with Crippen LogP contribution in [0.15, 0.2) is 29.1 Å². The summed E-state index contributed by atoms with van der Waals surface area (Å²) >= 11 is 0. The Labute approximate surface area is 152 Å². The Bertz CT molecular complexity index is 759. The Kier molecular flexibility index (Phi) is 4.16. The van der Waals surface area contributed by atoms with Crippen molar-refractivity contribution in [2.75, 3.05) is 0 Å². The fourth-order valence-electron chi connectivity index (χ4n) is 1.95. The quantitative estimate of drug-likeness (QED) is 0.539. The van der Waals surface area contributed by atoms with Crippen LogP contribution < -0.4 is 68.9 Å². The van der Waals surface area contributed by atoms with E-state index in [0.29, 0.717) is 17.0 Å². The average molecular weight is 313 g/mol. The second-order valence-electron chi connectivity index (χ2n) is 4.28. The number of fused-ring (bicyclic) bond motifs is 3. The van der Waals surface area contributed by atoms with Gasteiger partial charge in [0.1, 0.15) is 0 Å². The molecule has 18 heavy (non-hydrogen) atoms. The SMILES string of the molecule is CC(C)c1nnc2c3ccccc3[n-]c(=O)n12.[Rb+]. The maximum absolute atomic E-state index is 12.0. The number of nitrogens with zero attached hydrogens (tertiary/aromatic N) is 4. The van der Waals surface area contributed by atoms with Crippen LogP contribution in [0.25, 0.3) is 16.6 Å². The Balaban J connectivity index is 0.00000120. The van der Waals surface area contributed by atoms with E-state index in [4.69, 9.17) is 0 Å². The first-order valence-corrected chi connectivity index (χ1v) is 5.49. The molecule has 0 saturated heterocycles. The van der Waals surface area contributed by atoms with Gasteiger partial charge in [0.15, 0.2) is 5.69 Å². The first-order chi connectivity index (χ1) is 8.18. The molecule has 2 aromatic heterocycles. The molecule has 3 rings (SSSR count). The molecule has 0 atom stereocenters. The molecule has 0 spiro atoms. The fourth-order valence-corrected chi connectivity index (χ4v) is 1.95. The van der Waals surface area contributed by atoms with Crippen LogP contribution >= 0.6 is 0 Å². The predicted octanol–water partition coefficient (Wildman–Crippen LogP) is -1.67. The Morgan fingerprint density at radius 3 is 2.67 bits per heavy atom. The summed E-state index contributed by atoms with van der Waals surface area (Å²) in [5, 5.41) is 9.03. The summed E-state index contributed by atoms with van der Waals surface area (Å²) in [6, 6.07) is 7.46. The van der Waals surface area contributed by atoms with Gasteiger partial charge >= 0.3 is 58.2 Å². The third-order valence-electron chi connectivity index (χ3n) is 2.76. The van der Waals surface area contributed by atoms with E-state index >= 15 is 0 Å². The fraction of sp³-hybridized carbons (Fsp3) is 0.250. The molecule has 0 unspecified atom stereocenters. The van der Waals surface area contributed by atoms with Crippen molar-refractivity contribution in [1.82, 2.24) is 19.6 Å².